The molecule has 29 heavy (non-hydrogen) atoms. The number of nitrogens with one attached hydrogen (secondary N) is 2. The highest BCUT2D eigenvalue weighted by molar-refractivity contribution is 14.0. The Kier molecular flexibility index (Phi) is 8.99. The Morgan fingerprint density at radius 1 is 1.38 bits per heavy atom. The molecule has 0 fully saturated rings. The van der Waals surface area contributed by atoms with E-state index < -0.39 is 0 Å². The lowest BCUT2D eigenvalue weighted by Crippen LogP contribution is -2.48. The molecule has 0 bridgehead atoms. The Bertz CT molecular complexity index is 810. The summed E-state index contributed by atoms with van der Waals surface area (Å²) in [5, 5.41) is 11.4. The van der Waals surface area contributed by atoms with E-state index >= 15 is 0 Å². The number of ether oxygens (including phenoxy) is 2. The predicted molar refractivity (Wildman–Crippen MR) is 125 cm³/mol. The maximum Gasteiger partial charge on any atom is 0.191 e. The number of aryl methyl sites for hydroxylation is 2. The molecular formula is C20H31IN6O2. The van der Waals surface area contributed by atoms with E-state index in [2.05, 4.69) is 32.6 Å². The molecule has 2 aromatic rings. The van der Waals surface area contributed by atoms with Crippen molar-refractivity contribution in [1.82, 2.24) is 25.4 Å². The minimum absolute atomic E-state index is 0. The lowest BCUT2D eigenvalue weighted by Gasteiger charge is -2.26. The number of guanidine groups is 1. The first-order chi connectivity index (χ1) is 13.6. The molecule has 0 radical (unpaired) electrons. The van der Waals surface area contributed by atoms with Gasteiger partial charge in [0.25, 0.3) is 0 Å². The number of hydrogen-bond donors (Lipinski definition) is 2. The van der Waals surface area contributed by atoms with Crippen molar-refractivity contribution in [2.45, 2.75) is 51.8 Å². The van der Waals surface area contributed by atoms with Gasteiger partial charge in [0, 0.05) is 32.0 Å². The first kappa shape index (κ1) is 23.2. The highest BCUT2D eigenvalue weighted by Gasteiger charge is 2.22. The zero-order chi connectivity index (χ0) is 19.9. The first-order valence-corrected chi connectivity index (χ1v) is 9.81. The van der Waals surface area contributed by atoms with E-state index in [4.69, 9.17) is 9.47 Å². The fourth-order valence-corrected chi connectivity index (χ4v) is 3.21. The third-order valence-electron chi connectivity index (χ3n) is 4.72. The second kappa shape index (κ2) is 11.2. The van der Waals surface area contributed by atoms with E-state index in [-0.39, 0.29) is 36.1 Å². The average molecular weight is 514 g/mol. The van der Waals surface area contributed by atoms with E-state index in [1.165, 1.54) is 0 Å². The van der Waals surface area contributed by atoms with Gasteiger partial charge in [-0.15, -0.1) is 24.0 Å². The summed E-state index contributed by atoms with van der Waals surface area (Å²) in [4.78, 5) is 8.91. The summed E-state index contributed by atoms with van der Waals surface area (Å²) < 4.78 is 13.2. The zero-order valence-electron chi connectivity index (χ0n) is 17.5. The third-order valence-corrected chi connectivity index (χ3v) is 4.72. The standard InChI is InChI=1S/C20H30N6O2.HI/c1-5-18-24-19-10-9-15(13-26(19)25-18)23-20(21-3)22-12-14(2)28-17-8-6-7-16(11-17)27-4;/h6-8,11,14-15H,5,9-10,12-13H2,1-4H3,(H2,21,22,23);1H. The smallest absolute Gasteiger partial charge is 0.191 e. The highest BCUT2D eigenvalue weighted by Crippen LogP contribution is 2.19. The van der Waals surface area contributed by atoms with E-state index in [1.54, 1.807) is 14.2 Å². The van der Waals surface area contributed by atoms with Crippen LogP contribution < -0.4 is 20.1 Å². The minimum atomic E-state index is -0.0222. The quantitative estimate of drug-likeness (QED) is 0.336. The molecule has 1 aliphatic rings. The minimum Gasteiger partial charge on any atom is -0.497 e. The predicted octanol–water partition coefficient (Wildman–Crippen LogP) is 2.41. The third kappa shape index (κ3) is 6.48. The van der Waals surface area contributed by atoms with Crippen molar-refractivity contribution >= 4 is 29.9 Å². The number of methoxy groups -OCH3 is 1. The molecule has 2 unspecified atom stereocenters. The Balaban J connectivity index is 0.00000300. The van der Waals surface area contributed by atoms with Crippen LogP contribution in [0.5, 0.6) is 11.5 Å². The van der Waals surface area contributed by atoms with E-state index in [0.29, 0.717) is 6.54 Å². The molecule has 2 heterocycles. The topological polar surface area (TPSA) is 85.6 Å². The average Bonchev–Trinajstić information content (AvgIpc) is 3.13. The maximum atomic E-state index is 5.96. The largest absolute Gasteiger partial charge is 0.497 e. The van der Waals surface area contributed by atoms with Gasteiger partial charge in [-0.1, -0.05) is 13.0 Å². The van der Waals surface area contributed by atoms with Gasteiger partial charge in [-0.3, -0.25) is 4.99 Å². The fraction of sp³-hybridized carbons (Fsp3) is 0.550. The molecule has 0 aliphatic carbocycles. The van der Waals surface area contributed by atoms with Crippen molar-refractivity contribution in [1.29, 1.82) is 0 Å². The molecule has 1 aromatic carbocycles. The Hall–Kier alpha value is -2.04. The Morgan fingerprint density at radius 2 is 2.17 bits per heavy atom. The van der Waals surface area contributed by atoms with Crippen LogP contribution in [-0.4, -0.2) is 53.6 Å². The van der Waals surface area contributed by atoms with Crippen molar-refractivity contribution in [2.24, 2.45) is 4.99 Å². The van der Waals surface area contributed by atoms with Gasteiger partial charge in [0.05, 0.1) is 20.2 Å². The van der Waals surface area contributed by atoms with Crippen LogP contribution in [-0.2, 0) is 19.4 Å². The number of benzene rings is 1. The summed E-state index contributed by atoms with van der Waals surface area (Å²) in [6, 6.07) is 7.90. The molecule has 8 nitrogen and oxygen atoms in total. The van der Waals surface area contributed by atoms with Gasteiger partial charge in [-0.25, -0.2) is 9.67 Å². The molecule has 0 saturated carbocycles. The summed E-state index contributed by atoms with van der Waals surface area (Å²) in [5.74, 6) is 4.34. The van der Waals surface area contributed by atoms with Gasteiger partial charge in [0.2, 0.25) is 0 Å². The lowest BCUT2D eigenvalue weighted by molar-refractivity contribution is 0.222. The molecule has 160 valence electrons. The second-order valence-electron chi connectivity index (χ2n) is 6.92. The van der Waals surface area contributed by atoms with E-state index in [9.17, 15) is 0 Å². The summed E-state index contributed by atoms with van der Waals surface area (Å²) in [5.41, 5.74) is 0. The molecule has 1 aromatic heterocycles. The SMILES string of the molecule is CCc1nc2n(n1)CC(NC(=NC)NCC(C)Oc1cccc(OC)c1)CC2.I. The molecule has 3 rings (SSSR count). The fourth-order valence-electron chi connectivity index (χ4n) is 3.21. The number of nitrogens with zero attached hydrogens (tertiary/aromatic N) is 4. The summed E-state index contributed by atoms with van der Waals surface area (Å²) >= 11 is 0. The van der Waals surface area contributed by atoms with Crippen molar-refractivity contribution in [3.8, 4) is 11.5 Å². The normalized spacial score (nSPS) is 17.0. The van der Waals surface area contributed by atoms with Crippen LogP contribution in [0.1, 0.15) is 31.9 Å². The number of aliphatic imine (C=N–C) groups is 1. The molecule has 1 aliphatic heterocycles. The zero-order valence-corrected chi connectivity index (χ0v) is 19.8. The van der Waals surface area contributed by atoms with Crippen LogP contribution in [0.3, 0.4) is 0 Å². The Labute approximate surface area is 189 Å². The van der Waals surface area contributed by atoms with Gasteiger partial charge in [-0.05, 0) is 25.5 Å². The van der Waals surface area contributed by atoms with Gasteiger partial charge in [0.15, 0.2) is 11.8 Å². The van der Waals surface area contributed by atoms with Crippen LogP contribution in [0.2, 0.25) is 0 Å². The summed E-state index contributed by atoms with van der Waals surface area (Å²) in [7, 11) is 3.43. The van der Waals surface area contributed by atoms with Crippen LogP contribution in [0, 0.1) is 0 Å². The maximum absolute atomic E-state index is 5.96. The number of aromatic nitrogens is 3. The van der Waals surface area contributed by atoms with Crippen molar-refractivity contribution in [3.05, 3.63) is 35.9 Å². The molecule has 0 spiro atoms. The lowest BCUT2D eigenvalue weighted by atomic mass is 10.1. The molecule has 2 atom stereocenters. The van der Waals surface area contributed by atoms with Gasteiger partial charge < -0.3 is 20.1 Å². The first-order valence-electron chi connectivity index (χ1n) is 9.81. The number of rotatable bonds is 7. The molecule has 9 heteroatoms. The van der Waals surface area contributed by atoms with Crippen molar-refractivity contribution < 1.29 is 9.47 Å². The number of hydrogen-bond acceptors (Lipinski definition) is 5. The molecule has 0 saturated heterocycles. The highest BCUT2D eigenvalue weighted by atomic mass is 127. The second-order valence-corrected chi connectivity index (χ2v) is 6.92. The van der Waals surface area contributed by atoms with Crippen LogP contribution in [0.15, 0.2) is 29.3 Å². The molecular weight excluding hydrogens is 483 g/mol. The molecule has 2 N–H and O–H groups in total. The van der Waals surface area contributed by atoms with E-state index in [0.717, 1.165) is 54.9 Å². The summed E-state index contributed by atoms with van der Waals surface area (Å²) in [6.45, 7) is 5.54. The molecule has 0 amide bonds. The van der Waals surface area contributed by atoms with Crippen LogP contribution in [0.4, 0.5) is 0 Å². The van der Waals surface area contributed by atoms with E-state index in [1.807, 2.05) is 35.9 Å². The summed E-state index contributed by atoms with van der Waals surface area (Å²) in [6.07, 6.45) is 2.79. The van der Waals surface area contributed by atoms with Gasteiger partial charge in [-0.2, -0.15) is 5.10 Å². The Morgan fingerprint density at radius 3 is 2.90 bits per heavy atom. The van der Waals surface area contributed by atoms with Gasteiger partial charge in [0.1, 0.15) is 23.4 Å². The van der Waals surface area contributed by atoms with Crippen LogP contribution in [0.25, 0.3) is 0 Å². The van der Waals surface area contributed by atoms with Crippen LogP contribution >= 0.6 is 24.0 Å². The van der Waals surface area contributed by atoms with Crippen molar-refractivity contribution in [3.63, 3.8) is 0 Å². The monoisotopic (exact) mass is 514 g/mol. The van der Waals surface area contributed by atoms with Crippen molar-refractivity contribution in [2.75, 3.05) is 20.7 Å². The number of fused-ring (bicyclic) bond motifs is 1. The number of halogens is 1. The van der Waals surface area contributed by atoms with Gasteiger partial charge >= 0.3 is 0 Å².